The number of hydrogen-bond donors (Lipinski definition) is 1. The number of carbonyl (C=O) groups excluding carboxylic acids is 1. The summed E-state index contributed by atoms with van der Waals surface area (Å²) >= 11 is 0. The van der Waals surface area contributed by atoms with E-state index in [2.05, 4.69) is 5.32 Å². The summed E-state index contributed by atoms with van der Waals surface area (Å²) in [6.07, 6.45) is 6.60. The van der Waals surface area contributed by atoms with Crippen LogP contribution in [-0.4, -0.2) is 18.4 Å². The standard InChI is InChI=1S/C10H17NO/c12-9-5-3-8(4-6-9)10-2-1-7-11-10/h8,10-11H,1-7H2. The minimum absolute atomic E-state index is 0.476. The van der Waals surface area contributed by atoms with Gasteiger partial charge in [-0.15, -0.1) is 0 Å². The summed E-state index contributed by atoms with van der Waals surface area (Å²) in [6.45, 7) is 1.19. The van der Waals surface area contributed by atoms with Crippen LogP contribution in [0.15, 0.2) is 0 Å². The highest BCUT2D eigenvalue weighted by atomic mass is 16.1. The Morgan fingerprint density at radius 3 is 2.50 bits per heavy atom. The third kappa shape index (κ3) is 1.69. The Morgan fingerprint density at radius 2 is 1.92 bits per heavy atom. The van der Waals surface area contributed by atoms with Crippen LogP contribution in [0, 0.1) is 5.92 Å². The molecule has 1 N–H and O–H groups in total. The molecule has 0 aromatic rings. The lowest BCUT2D eigenvalue weighted by Crippen LogP contribution is -2.33. The number of rotatable bonds is 1. The first-order chi connectivity index (χ1) is 5.86. The average molecular weight is 167 g/mol. The third-order valence-corrected chi connectivity index (χ3v) is 3.26. The fraction of sp³-hybridized carbons (Fsp3) is 0.900. The maximum Gasteiger partial charge on any atom is 0.132 e. The first-order valence-corrected chi connectivity index (χ1v) is 5.11. The van der Waals surface area contributed by atoms with E-state index in [4.69, 9.17) is 0 Å². The van der Waals surface area contributed by atoms with Crippen LogP contribution >= 0.6 is 0 Å². The molecule has 1 unspecified atom stereocenters. The summed E-state index contributed by atoms with van der Waals surface area (Å²) in [5.41, 5.74) is 0. The quantitative estimate of drug-likeness (QED) is 0.641. The molecule has 0 radical (unpaired) electrons. The smallest absolute Gasteiger partial charge is 0.132 e. The van der Waals surface area contributed by atoms with Crippen molar-refractivity contribution in [2.24, 2.45) is 5.92 Å². The molecule has 0 amide bonds. The molecule has 0 spiro atoms. The topological polar surface area (TPSA) is 29.1 Å². The lowest BCUT2D eigenvalue weighted by molar-refractivity contribution is -0.121. The highest BCUT2D eigenvalue weighted by molar-refractivity contribution is 5.79. The van der Waals surface area contributed by atoms with Crippen molar-refractivity contribution in [3.05, 3.63) is 0 Å². The van der Waals surface area contributed by atoms with E-state index in [1.807, 2.05) is 0 Å². The van der Waals surface area contributed by atoms with Crippen LogP contribution in [-0.2, 0) is 4.79 Å². The van der Waals surface area contributed by atoms with E-state index in [9.17, 15) is 4.79 Å². The molecule has 2 nitrogen and oxygen atoms in total. The Hall–Kier alpha value is -0.370. The Bertz CT molecular complexity index is 163. The molecular formula is C10H17NO. The van der Waals surface area contributed by atoms with E-state index in [0.717, 1.165) is 37.6 Å². The van der Waals surface area contributed by atoms with Crippen molar-refractivity contribution in [3.8, 4) is 0 Å². The minimum atomic E-state index is 0.476. The van der Waals surface area contributed by atoms with Crippen LogP contribution in [0.25, 0.3) is 0 Å². The molecule has 12 heavy (non-hydrogen) atoms. The number of carbonyl (C=O) groups is 1. The molecule has 1 aliphatic carbocycles. The first kappa shape index (κ1) is 8.24. The SMILES string of the molecule is O=C1CCC(C2CCCN2)CC1. The van der Waals surface area contributed by atoms with Crippen LogP contribution in [0.5, 0.6) is 0 Å². The summed E-state index contributed by atoms with van der Waals surface area (Å²) in [5.74, 6) is 1.27. The van der Waals surface area contributed by atoms with Gasteiger partial charge in [0.1, 0.15) is 5.78 Å². The third-order valence-electron chi connectivity index (χ3n) is 3.26. The van der Waals surface area contributed by atoms with Crippen molar-refractivity contribution < 1.29 is 4.79 Å². The van der Waals surface area contributed by atoms with Gasteiger partial charge in [0.25, 0.3) is 0 Å². The largest absolute Gasteiger partial charge is 0.314 e. The second kappa shape index (κ2) is 3.56. The van der Waals surface area contributed by atoms with Crippen molar-refractivity contribution in [3.63, 3.8) is 0 Å². The predicted octanol–water partition coefficient (Wildman–Crippen LogP) is 1.50. The molecule has 1 atom stereocenters. The van der Waals surface area contributed by atoms with Gasteiger partial charge in [-0.1, -0.05) is 0 Å². The average Bonchev–Trinajstić information content (AvgIpc) is 2.58. The number of hydrogen-bond acceptors (Lipinski definition) is 2. The van der Waals surface area contributed by atoms with Gasteiger partial charge in [0, 0.05) is 18.9 Å². The van der Waals surface area contributed by atoms with Crippen molar-refractivity contribution in [2.75, 3.05) is 6.54 Å². The van der Waals surface area contributed by atoms with Gasteiger partial charge in [-0.05, 0) is 38.1 Å². The van der Waals surface area contributed by atoms with E-state index < -0.39 is 0 Å². The Balaban J connectivity index is 1.84. The molecule has 1 saturated carbocycles. The van der Waals surface area contributed by atoms with Gasteiger partial charge in [-0.3, -0.25) is 4.79 Å². The van der Waals surface area contributed by atoms with E-state index in [0.29, 0.717) is 5.78 Å². The zero-order valence-corrected chi connectivity index (χ0v) is 7.51. The maximum atomic E-state index is 11.0. The lowest BCUT2D eigenvalue weighted by atomic mass is 9.83. The molecule has 2 rings (SSSR count). The Morgan fingerprint density at radius 1 is 1.17 bits per heavy atom. The monoisotopic (exact) mass is 167 g/mol. The first-order valence-electron chi connectivity index (χ1n) is 5.11. The normalized spacial score (nSPS) is 32.7. The van der Waals surface area contributed by atoms with Crippen LogP contribution < -0.4 is 5.32 Å². The summed E-state index contributed by atoms with van der Waals surface area (Å²) in [5, 5.41) is 3.53. The van der Waals surface area contributed by atoms with Gasteiger partial charge >= 0.3 is 0 Å². The van der Waals surface area contributed by atoms with Crippen LogP contribution in [0.4, 0.5) is 0 Å². The summed E-state index contributed by atoms with van der Waals surface area (Å²) < 4.78 is 0. The van der Waals surface area contributed by atoms with Crippen molar-refractivity contribution in [1.82, 2.24) is 5.32 Å². The highest BCUT2D eigenvalue weighted by Gasteiger charge is 2.27. The van der Waals surface area contributed by atoms with Gasteiger partial charge in [0.15, 0.2) is 0 Å². The van der Waals surface area contributed by atoms with Gasteiger partial charge < -0.3 is 5.32 Å². The van der Waals surface area contributed by atoms with Gasteiger partial charge in [0.05, 0.1) is 0 Å². The maximum absolute atomic E-state index is 11.0. The molecule has 2 fully saturated rings. The molecular weight excluding hydrogens is 150 g/mol. The molecule has 68 valence electrons. The zero-order valence-electron chi connectivity index (χ0n) is 7.51. The fourth-order valence-corrected chi connectivity index (χ4v) is 2.48. The summed E-state index contributed by atoms with van der Waals surface area (Å²) in [7, 11) is 0. The van der Waals surface area contributed by atoms with Gasteiger partial charge in [-0.2, -0.15) is 0 Å². The number of nitrogens with one attached hydrogen (secondary N) is 1. The van der Waals surface area contributed by atoms with E-state index in [1.165, 1.54) is 19.4 Å². The number of Topliss-reactive ketones (excluding diaryl/α,β-unsaturated/α-hetero) is 1. The van der Waals surface area contributed by atoms with Crippen molar-refractivity contribution >= 4 is 5.78 Å². The van der Waals surface area contributed by atoms with Crippen LogP contribution in [0.2, 0.25) is 0 Å². The number of ketones is 1. The lowest BCUT2D eigenvalue weighted by Gasteiger charge is -2.26. The van der Waals surface area contributed by atoms with E-state index in [-0.39, 0.29) is 0 Å². The van der Waals surface area contributed by atoms with E-state index in [1.54, 1.807) is 0 Å². The molecule has 0 bridgehead atoms. The van der Waals surface area contributed by atoms with E-state index >= 15 is 0 Å². The van der Waals surface area contributed by atoms with Crippen LogP contribution in [0.1, 0.15) is 38.5 Å². The molecule has 0 aromatic heterocycles. The zero-order chi connectivity index (χ0) is 8.39. The Kier molecular flexibility index (Phi) is 2.45. The minimum Gasteiger partial charge on any atom is -0.314 e. The van der Waals surface area contributed by atoms with Gasteiger partial charge in [-0.25, -0.2) is 0 Å². The summed E-state index contributed by atoms with van der Waals surface area (Å²) in [6, 6.07) is 0.734. The van der Waals surface area contributed by atoms with Gasteiger partial charge in [0.2, 0.25) is 0 Å². The molecule has 1 saturated heterocycles. The second-order valence-corrected chi connectivity index (χ2v) is 4.08. The highest BCUT2D eigenvalue weighted by Crippen LogP contribution is 2.28. The van der Waals surface area contributed by atoms with Crippen molar-refractivity contribution in [1.29, 1.82) is 0 Å². The Labute approximate surface area is 73.7 Å². The molecule has 1 aliphatic heterocycles. The predicted molar refractivity (Wildman–Crippen MR) is 48.0 cm³/mol. The molecule has 0 aromatic carbocycles. The van der Waals surface area contributed by atoms with Crippen LogP contribution in [0.3, 0.4) is 0 Å². The second-order valence-electron chi connectivity index (χ2n) is 4.08. The fourth-order valence-electron chi connectivity index (χ4n) is 2.48. The van der Waals surface area contributed by atoms with Crippen molar-refractivity contribution in [2.45, 2.75) is 44.6 Å². The molecule has 1 heterocycles. The summed E-state index contributed by atoms with van der Waals surface area (Å²) in [4.78, 5) is 11.0. The molecule has 2 heteroatoms. The molecule has 2 aliphatic rings.